The molecule has 2 rings (SSSR count). The predicted octanol–water partition coefficient (Wildman–Crippen LogP) is -0.319. The Morgan fingerprint density at radius 2 is 2.15 bits per heavy atom. The zero-order chi connectivity index (χ0) is 14.4. The third kappa shape index (κ3) is 4.35. The van der Waals surface area contributed by atoms with E-state index in [9.17, 15) is 9.59 Å². The first kappa shape index (κ1) is 14.5. The standard InChI is InChI=1S/C15H21N3O2/c1-13-3-2-4-14(11-13)16-15(20)5-6-17-7-9-18(12-19)10-8-17/h2-4,11-12H,5-10H2,1H3,(H,16,20)/p+1. The maximum Gasteiger partial charge on any atom is 0.230 e. The van der Waals surface area contributed by atoms with Crippen LogP contribution >= 0.6 is 0 Å². The maximum atomic E-state index is 11.9. The highest BCUT2D eigenvalue weighted by Gasteiger charge is 2.19. The van der Waals surface area contributed by atoms with E-state index in [4.69, 9.17) is 0 Å². The number of carbonyl (C=O) groups is 2. The first-order chi connectivity index (χ1) is 9.67. The summed E-state index contributed by atoms with van der Waals surface area (Å²) in [6, 6.07) is 7.81. The third-order valence-corrected chi connectivity index (χ3v) is 3.66. The zero-order valence-electron chi connectivity index (χ0n) is 11.9. The van der Waals surface area contributed by atoms with E-state index < -0.39 is 0 Å². The lowest BCUT2D eigenvalue weighted by Gasteiger charge is -2.29. The zero-order valence-corrected chi connectivity index (χ0v) is 11.9. The van der Waals surface area contributed by atoms with Crippen LogP contribution in [0.25, 0.3) is 0 Å². The fourth-order valence-electron chi connectivity index (χ4n) is 2.43. The number of piperazine rings is 1. The third-order valence-electron chi connectivity index (χ3n) is 3.66. The van der Waals surface area contributed by atoms with Gasteiger partial charge in [0.25, 0.3) is 0 Å². The molecule has 1 fully saturated rings. The molecule has 0 radical (unpaired) electrons. The summed E-state index contributed by atoms with van der Waals surface area (Å²) in [5.74, 6) is 0.0564. The van der Waals surface area contributed by atoms with Gasteiger partial charge in [-0.1, -0.05) is 12.1 Å². The van der Waals surface area contributed by atoms with Gasteiger partial charge >= 0.3 is 0 Å². The van der Waals surface area contributed by atoms with Gasteiger partial charge < -0.3 is 15.1 Å². The number of benzene rings is 1. The molecular formula is C15H22N3O2+. The minimum atomic E-state index is 0.0564. The van der Waals surface area contributed by atoms with Gasteiger partial charge in [-0.05, 0) is 24.6 Å². The second-order valence-corrected chi connectivity index (χ2v) is 5.31. The number of carbonyl (C=O) groups excluding carboxylic acids is 2. The van der Waals surface area contributed by atoms with Gasteiger partial charge in [-0.25, -0.2) is 0 Å². The number of rotatable bonds is 5. The summed E-state index contributed by atoms with van der Waals surface area (Å²) in [5.41, 5.74) is 1.99. The molecule has 2 N–H and O–H groups in total. The van der Waals surface area contributed by atoms with E-state index in [-0.39, 0.29) is 5.91 Å². The summed E-state index contributed by atoms with van der Waals surface area (Å²) < 4.78 is 0. The Morgan fingerprint density at radius 1 is 1.40 bits per heavy atom. The molecule has 0 bridgehead atoms. The molecular weight excluding hydrogens is 254 g/mol. The van der Waals surface area contributed by atoms with Crippen LogP contribution in [0.4, 0.5) is 5.69 Å². The fraction of sp³-hybridized carbons (Fsp3) is 0.467. The second-order valence-electron chi connectivity index (χ2n) is 5.31. The maximum absolute atomic E-state index is 11.9. The molecule has 1 aliphatic rings. The summed E-state index contributed by atoms with van der Waals surface area (Å²) in [5, 5.41) is 2.92. The topological polar surface area (TPSA) is 53.9 Å². The van der Waals surface area contributed by atoms with Crippen LogP contribution in [0.3, 0.4) is 0 Å². The van der Waals surface area contributed by atoms with E-state index >= 15 is 0 Å². The van der Waals surface area contributed by atoms with Crippen molar-refractivity contribution in [1.29, 1.82) is 0 Å². The molecule has 20 heavy (non-hydrogen) atoms. The number of nitrogens with zero attached hydrogens (tertiary/aromatic N) is 1. The summed E-state index contributed by atoms with van der Waals surface area (Å²) in [6.45, 7) is 6.26. The van der Waals surface area contributed by atoms with E-state index in [1.807, 2.05) is 31.2 Å². The number of quaternary nitrogens is 1. The Balaban J connectivity index is 1.72. The highest BCUT2D eigenvalue weighted by Crippen LogP contribution is 2.09. The first-order valence-electron chi connectivity index (χ1n) is 7.07. The molecule has 1 aromatic carbocycles. The number of nitrogens with one attached hydrogen (secondary N) is 2. The molecule has 1 heterocycles. The van der Waals surface area contributed by atoms with Gasteiger partial charge in [0, 0.05) is 5.69 Å². The minimum Gasteiger partial charge on any atom is -0.334 e. The highest BCUT2D eigenvalue weighted by molar-refractivity contribution is 5.90. The van der Waals surface area contributed by atoms with Crippen molar-refractivity contribution in [1.82, 2.24) is 4.90 Å². The SMILES string of the molecule is Cc1cccc(NC(=O)CC[NH+]2CCN(C=O)CC2)c1. The highest BCUT2D eigenvalue weighted by atomic mass is 16.1. The molecule has 0 aromatic heterocycles. The van der Waals surface area contributed by atoms with E-state index in [2.05, 4.69) is 5.32 Å². The Bertz CT molecular complexity index is 468. The van der Waals surface area contributed by atoms with Gasteiger partial charge in [0.05, 0.1) is 39.1 Å². The lowest BCUT2D eigenvalue weighted by molar-refractivity contribution is -0.903. The normalized spacial score (nSPS) is 15.9. The molecule has 1 aromatic rings. The number of aryl methyl sites for hydroxylation is 1. The number of hydrogen-bond donors (Lipinski definition) is 2. The molecule has 0 saturated carbocycles. The van der Waals surface area contributed by atoms with E-state index in [1.54, 1.807) is 4.90 Å². The van der Waals surface area contributed by atoms with E-state index in [1.165, 1.54) is 4.90 Å². The van der Waals surface area contributed by atoms with Crippen molar-refractivity contribution in [3.8, 4) is 0 Å². The predicted molar refractivity (Wildman–Crippen MR) is 77.6 cm³/mol. The van der Waals surface area contributed by atoms with Gasteiger partial charge in [-0.15, -0.1) is 0 Å². The van der Waals surface area contributed by atoms with Crippen molar-refractivity contribution < 1.29 is 14.5 Å². The Hall–Kier alpha value is -1.88. The first-order valence-corrected chi connectivity index (χ1v) is 7.07. The lowest BCUT2D eigenvalue weighted by Crippen LogP contribution is -3.14. The quantitative estimate of drug-likeness (QED) is 0.724. The van der Waals surface area contributed by atoms with Crippen molar-refractivity contribution in [2.45, 2.75) is 13.3 Å². The van der Waals surface area contributed by atoms with E-state index in [0.717, 1.165) is 50.4 Å². The van der Waals surface area contributed by atoms with Gasteiger partial charge in [0.2, 0.25) is 12.3 Å². The fourth-order valence-corrected chi connectivity index (χ4v) is 2.43. The van der Waals surface area contributed by atoms with Crippen LogP contribution < -0.4 is 10.2 Å². The average Bonchev–Trinajstić information content (AvgIpc) is 2.46. The van der Waals surface area contributed by atoms with Crippen LogP contribution in [0.5, 0.6) is 0 Å². The summed E-state index contributed by atoms with van der Waals surface area (Å²) >= 11 is 0. The van der Waals surface area contributed by atoms with Crippen molar-refractivity contribution in [3.05, 3.63) is 29.8 Å². The second kappa shape index (κ2) is 7.05. The van der Waals surface area contributed by atoms with Crippen LogP contribution in [0, 0.1) is 6.92 Å². The van der Waals surface area contributed by atoms with Crippen LogP contribution in [0.15, 0.2) is 24.3 Å². The summed E-state index contributed by atoms with van der Waals surface area (Å²) in [4.78, 5) is 25.7. The van der Waals surface area contributed by atoms with Crippen molar-refractivity contribution in [2.24, 2.45) is 0 Å². The summed E-state index contributed by atoms with van der Waals surface area (Å²) in [6.07, 6.45) is 1.42. The molecule has 5 nitrogen and oxygen atoms in total. The van der Waals surface area contributed by atoms with Gasteiger partial charge in [-0.3, -0.25) is 9.59 Å². The number of hydrogen-bond acceptors (Lipinski definition) is 2. The molecule has 0 spiro atoms. The van der Waals surface area contributed by atoms with Crippen LogP contribution in [-0.2, 0) is 9.59 Å². The van der Waals surface area contributed by atoms with Crippen LogP contribution in [-0.4, -0.2) is 49.9 Å². The Morgan fingerprint density at radius 3 is 2.80 bits per heavy atom. The van der Waals surface area contributed by atoms with Crippen LogP contribution in [0.1, 0.15) is 12.0 Å². The molecule has 0 atom stereocenters. The molecule has 108 valence electrons. The van der Waals surface area contributed by atoms with Crippen molar-refractivity contribution >= 4 is 18.0 Å². The van der Waals surface area contributed by atoms with E-state index in [0.29, 0.717) is 6.42 Å². The minimum absolute atomic E-state index is 0.0564. The Kier molecular flexibility index (Phi) is 5.12. The summed E-state index contributed by atoms with van der Waals surface area (Å²) in [7, 11) is 0. The van der Waals surface area contributed by atoms with Gasteiger partial charge in [0.15, 0.2) is 0 Å². The van der Waals surface area contributed by atoms with Gasteiger partial charge in [0.1, 0.15) is 0 Å². The molecule has 0 aliphatic carbocycles. The number of amides is 2. The molecule has 1 saturated heterocycles. The lowest BCUT2D eigenvalue weighted by atomic mass is 10.2. The van der Waals surface area contributed by atoms with Crippen LogP contribution in [0.2, 0.25) is 0 Å². The average molecular weight is 276 g/mol. The molecule has 0 unspecified atom stereocenters. The van der Waals surface area contributed by atoms with Crippen molar-refractivity contribution in [3.63, 3.8) is 0 Å². The monoisotopic (exact) mass is 276 g/mol. The molecule has 1 aliphatic heterocycles. The molecule has 2 amide bonds. The smallest absolute Gasteiger partial charge is 0.230 e. The molecule has 5 heteroatoms. The largest absolute Gasteiger partial charge is 0.334 e. The number of anilines is 1. The van der Waals surface area contributed by atoms with Gasteiger partial charge in [-0.2, -0.15) is 0 Å². The van der Waals surface area contributed by atoms with Crippen molar-refractivity contribution in [2.75, 3.05) is 38.0 Å². The Labute approximate surface area is 119 Å².